The van der Waals surface area contributed by atoms with Gasteiger partial charge in [-0.05, 0) is 48.0 Å². The van der Waals surface area contributed by atoms with Gasteiger partial charge in [0.1, 0.15) is 0 Å². The quantitative estimate of drug-likeness (QED) is 0.460. The minimum absolute atomic E-state index is 0.524. The van der Waals surface area contributed by atoms with Crippen molar-refractivity contribution in [2.75, 3.05) is 5.32 Å². The molecule has 2 rings (SSSR count). The lowest BCUT2D eigenvalue weighted by Gasteiger charge is -2.04. The van der Waals surface area contributed by atoms with Crippen LogP contribution in [0.15, 0.2) is 54.6 Å². The van der Waals surface area contributed by atoms with Crippen molar-refractivity contribution in [2.24, 2.45) is 0 Å². The second-order valence-electron chi connectivity index (χ2n) is 5.06. The van der Waals surface area contributed by atoms with Gasteiger partial charge >= 0.3 is 0 Å². The summed E-state index contributed by atoms with van der Waals surface area (Å²) in [6, 6.07) is 18.2. The lowest BCUT2D eigenvalue weighted by atomic mass is 10.0. The highest BCUT2D eigenvalue weighted by Crippen LogP contribution is 2.13. The number of hydrazine groups is 1. The number of benzene rings is 2. The van der Waals surface area contributed by atoms with Crippen molar-refractivity contribution in [2.45, 2.75) is 19.8 Å². The molecule has 108 valence electrons. The lowest BCUT2D eigenvalue weighted by Crippen LogP contribution is -2.82. The van der Waals surface area contributed by atoms with Gasteiger partial charge in [-0.3, -0.25) is 0 Å². The third-order valence-electron chi connectivity index (χ3n) is 3.06. The second-order valence-corrected chi connectivity index (χ2v) is 5.46. The van der Waals surface area contributed by atoms with E-state index in [1.54, 1.807) is 0 Å². The molecule has 0 saturated carbocycles. The Balaban J connectivity index is 1.86. The molecule has 0 amide bonds. The van der Waals surface area contributed by atoms with Gasteiger partial charge in [-0.25, -0.2) is 0 Å². The minimum Gasteiger partial charge on any atom is -0.328 e. The Morgan fingerprint density at radius 3 is 2.33 bits per heavy atom. The van der Waals surface area contributed by atoms with Crippen LogP contribution in [-0.2, 0) is 0 Å². The first-order valence-corrected chi connectivity index (χ1v) is 7.37. The summed E-state index contributed by atoms with van der Waals surface area (Å²) in [5.41, 5.74) is 6.31. The molecule has 0 aliphatic heterocycles. The normalized spacial score (nSPS) is 10.8. The molecule has 0 bridgehead atoms. The minimum atomic E-state index is 0.524. The van der Waals surface area contributed by atoms with Crippen LogP contribution in [-0.4, -0.2) is 11.3 Å². The maximum absolute atomic E-state index is 5.20. The average Bonchev–Trinajstić information content (AvgIpc) is 2.49. The van der Waals surface area contributed by atoms with E-state index in [9.17, 15) is 0 Å². The summed E-state index contributed by atoms with van der Waals surface area (Å²) in [6.07, 6.45) is 1.88. The molecular weight excluding hydrogens is 278 g/mol. The molecular formula is C17H20N3S+. The predicted octanol–water partition coefficient (Wildman–Crippen LogP) is 2.21. The standard InChI is InChI=1S/C17H19N3S/c1-13(2)15-10-8-14(9-11-15)12-18-20-17(21)19-16-6-4-3-5-7-16/h3-13H,1-2H3,(H2,19,20,21)/p+1. The first kappa shape index (κ1) is 15.2. The molecule has 3 nitrogen and oxygen atoms in total. The van der Waals surface area contributed by atoms with Crippen molar-refractivity contribution >= 4 is 29.2 Å². The molecule has 0 saturated heterocycles. The van der Waals surface area contributed by atoms with Crippen molar-refractivity contribution in [1.82, 2.24) is 5.43 Å². The maximum Gasteiger partial charge on any atom is 0.228 e. The van der Waals surface area contributed by atoms with E-state index in [-0.39, 0.29) is 0 Å². The van der Waals surface area contributed by atoms with Gasteiger partial charge in [-0.1, -0.05) is 44.2 Å². The number of hydrogen-bond acceptors (Lipinski definition) is 1. The highest BCUT2D eigenvalue weighted by Gasteiger charge is 2.00. The number of thiocarbonyl (C=S) groups is 1. The summed E-state index contributed by atoms with van der Waals surface area (Å²) >= 11 is 5.20. The van der Waals surface area contributed by atoms with Crippen LogP contribution in [0, 0.1) is 0 Å². The first-order valence-electron chi connectivity index (χ1n) is 6.96. The molecule has 0 atom stereocenters. The molecule has 4 heteroatoms. The molecule has 0 spiro atoms. The molecule has 3 N–H and O–H groups in total. The van der Waals surface area contributed by atoms with E-state index in [1.807, 2.05) is 36.5 Å². The van der Waals surface area contributed by atoms with Crippen molar-refractivity contribution in [3.8, 4) is 0 Å². The number of para-hydroxylation sites is 1. The largest absolute Gasteiger partial charge is 0.328 e. The Hall–Kier alpha value is -2.20. The van der Waals surface area contributed by atoms with E-state index in [1.165, 1.54) is 5.56 Å². The maximum atomic E-state index is 5.20. The van der Waals surface area contributed by atoms with Crippen LogP contribution in [0.1, 0.15) is 30.9 Å². The van der Waals surface area contributed by atoms with Crippen LogP contribution < -0.4 is 15.8 Å². The molecule has 2 aromatic carbocycles. The number of anilines is 1. The van der Waals surface area contributed by atoms with E-state index in [2.05, 4.69) is 54.0 Å². The van der Waals surface area contributed by atoms with Crippen molar-refractivity contribution in [3.05, 3.63) is 65.7 Å². The van der Waals surface area contributed by atoms with Crippen LogP contribution in [0.25, 0.3) is 0 Å². The molecule has 21 heavy (non-hydrogen) atoms. The van der Waals surface area contributed by atoms with Crippen molar-refractivity contribution in [3.63, 3.8) is 0 Å². The summed E-state index contributed by atoms with van der Waals surface area (Å²) < 4.78 is 0. The fourth-order valence-electron chi connectivity index (χ4n) is 1.85. The number of nitrogens with one attached hydrogen (secondary N) is 3. The van der Waals surface area contributed by atoms with Gasteiger partial charge in [0.05, 0.1) is 0 Å². The van der Waals surface area contributed by atoms with Gasteiger partial charge in [-0.2, -0.15) is 0 Å². The van der Waals surface area contributed by atoms with Crippen LogP contribution in [0.2, 0.25) is 0 Å². The third kappa shape index (κ3) is 5.00. The number of hydrazone groups is 1. The SMILES string of the molecule is CC(C)c1ccc(C=[NH+]NC(=S)Nc2ccccc2)cc1. The van der Waals surface area contributed by atoms with E-state index in [0.29, 0.717) is 11.0 Å². The summed E-state index contributed by atoms with van der Waals surface area (Å²) in [5.74, 6) is 0.549. The lowest BCUT2D eigenvalue weighted by molar-refractivity contribution is -0.499. The summed E-state index contributed by atoms with van der Waals surface area (Å²) in [5, 5.41) is 6.61. The fourth-order valence-corrected chi connectivity index (χ4v) is 2.02. The zero-order valence-corrected chi connectivity index (χ0v) is 13.1. The summed E-state index contributed by atoms with van der Waals surface area (Å²) in [4.78, 5) is 0. The number of rotatable bonds is 4. The fraction of sp³-hybridized carbons (Fsp3) is 0.176. The van der Waals surface area contributed by atoms with Gasteiger partial charge in [-0.15, -0.1) is 10.5 Å². The highest BCUT2D eigenvalue weighted by atomic mass is 32.1. The highest BCUT2D eigenvalue weighted by molar-refractivity contribution is 7.80. The van der Waals surface area contributed by atoms with Gasteiger partial charge in [0.25, 0.3) is 0 Å². The summed E-state index contributed by atoms with van der Waals surface area (Å²) in [7, 11) is 0. The van der Waals surface area contributed by atoms with Crippen molar-refractivity contribution in [1.29, 1.82) is 0 Å². The molecule has 0 radical (unpaired) electrons. The summed E-state index contributed by atoms with van der Waals surface area (Å²) in [6.45, 7) is 4.37. The van der Waals surface area contributed by atoms with Crippen LogP contribution in [0.3, 0.4) is 0 Å². The van der Waals surface area contributed by atoms with E-state index < -0.39 is 0 Å². The number of hydrogen-bond donors (Lipinski definition) is 3. The van der Waals surface area contributed by atoms with Gasteiger partial charge in [0, 0.05) is 11.3 Å². The monoisotopic (exact) mass is 298 g/mol. The van der Waals surface area contributed by atoms with Crippen LogP contribution >= 0.6 is 12.2 Å². The van der Waals surface area contributed by atoms with Crippen LogP contribution in [0.5, 0.6) is 0 Å². The third-order valence-corrected chi connectivity index (χ3v) is 3.26. The Labute approximate surface area is 131 Å². The molecule has 0 aliphatic carbocycles. The Bertz CT molecular complexity index is 604. The zero-order chi connectivity index (χ0) is 15.1. The molecule has 0 heterocycles. The topological polar surface area (TPSA) is 38.0 Å². The predicted molar refractivity (Wildman–Crippen MR) is 92.5 cm³/mol. The van der Waals surface area contributed by atoms with Gasteiger partial charge in [0.15, 0.2) is 6.21 Å². The molecule has 2 aromatic rings. The molecule has 0 unspecified atom stereocenters. The molecule has 0 aliphatic rings. The van der Waals surface area contributed by atoms with Crippen molar-refractivity contribution < 1.29 is 5.10 Å². The van der Waals surface area contributed by atoms with E-state index >= 15 is 0 Å². The Morgan fingerprint density at radius 1 is 1.05 bits per heavy atom. The Morgan fingerprint density at radius 2 is 1.71 bits per heavy atom. The smallest absolute Gasteiger partial charge is 0.228 e. The van der Waals surface area contributed by atoms with E-state index in [4.69, 9.17) is 12.2 Å². The first-order chi connectivity index (χ1) is 10.1. The Kier molecular flexibility index (Phi) is 5.46. The zero-order valence-electron chi connectivity index (χ0n) is 12.3. The molecule has 0 fully saturated rings. The molecule has 0 aromatic heterocycles. The van der Waals surface area contributed by atoms with Crippen LogP contribution in [0.4, 0.5) is 5.69 Å². The average molecular weight is 298 g/mol. The van der Waals surface area contributed by atoms with Gasteiger partial charge < -0.3 is 5.32 Å². The van der Waals surface area contributed by atoms with E-state index in [0.717, 1.165) is 11.3 Å². The van der Waals surface area contributed by atoms with Gasteiger partial charge in [0.2, 0.25) is 5.11 Å². The second kappa shape index (κ2) is 7.55.